The van der Waals surface area contributed by atoms with E-state index < -0.39 is 5.41 Å². The maximum absolute atomic E-state index is 10.3. The lowest BCUT2D eigenvalue weighted by Crippen LogP contribution is -2.25. The maximum atomic E-state index is 10.3. The van der Waals surface area contributed by atoms with Crippen LogP contribution < -0.4 is 0 Å². The summed E-state index contributed by atoms with van der Waals surface area (Å²) in [6.45, 7) is 4.24. The third kappa shape index (κ3) is 2.90. The van der Waals surface area contributed by atoms with Crippen molar-refractivity contribution in [2.24, 2.45) is 0 Å². The summed E-state index contributed by atoms with van der Waals surface area (Å²) in [6, 6.07) is 28.2. The van der Waals surface area contributed by atoms with Gasteiger partial charge in [0, 0.05) is 5.69 Å². The van der Waals surface area contributed by atoms with Gasteiger partial charge in [-0.25, -0.2) is 0 Å². The van der Waals surface area contributed by atoms with Crippen molar-refractivity contribution >= 4 is 10.8 Å². The number of aryl methyl sites for hydroxylation is 1. The smallest absolute Gasteiger partial charge is 0.104 e. The lowest BCUT2D eigenvalue weighted by molar-refractivity contribution is 0.527. The summed E-state index contributed by atoms with van der Waals surface area (Å²) in [6.07, 6.45) is 2.43. The minimum absolute atomic E-state index is 0.555. The van der Waals surface area contributed by atoms with Crippen molar-refractivity contribution in [3.05, 3.63) is 101 Å². The molecule has 30 heavy (non-hydrogen) atoms. The standard InChI is InChI=1S/C28H24N2/c1-19-20(2)30-27-25(14-15-28(27,18-29)17-21-8-4-3-5-9-21)26(19)24-13-12-22-10-6-7-11-23(22)16-24/h3-13,16H,14-15,17H2,1-2H3. The second kappa shape index (κ2) is 7.11. The van der Waals surface area contributed by atoms with E-state index in [-0.39, 0.29) is 0 Å². The van der Waals surface area contributed by atoms with Crippen molar-refractivity contribution in [3.63, 3.8) is 0 Å². The van der Waals surface area contributed by atoms with Crippen molar-refractivity contribution in [1.29, 1.82) is 5.26 Å². The molecule has 0 spiro atoms. The Hall–Kier alpha value is -3.44. The van der Waals surface area contributed by atoms with E-state index in [1.54, 1.807) is 0 Å². The largest absolute Gasteiger partial charge is 0.256 e. The number of aromatic nitrogens is 1. The van der Waals surface area contributed by atoms with Crippen LogP contribution in [0.15, 0.2) is 72.8 Å². The van der Waals surface area contributed by atoms with Gasteiger partial charge in [0.15, 0.2) is 0 Å². The number of nitrogens with zero attached hydrogens (tertiary/aromatic N) is 2. The highest BCUT2D eigenvalue weighted by molar-refractivity contribution is 5.88. The molecule has 1 aromatic heterocycles. The molecule has 0 bridgehead atoms. The van der Waals surface area contributed by atoms with E-state index in [1.807, 2.05) is 18.2 Å². The number of hydrogen-bond acceptors (Lipinski definition) is 2. The van der Waals surface area contributed by atoms with Crippen LogP contribution in [0.2, 0.25) is 0 Å². The number of pyridine rings is 1. The van der Waals surface area contributed by atoms with Gasteiger partial charge in [-0.15, -0.1) is 0 Å². The molecule has 0 saturated carbocycles. The molecule has 0 radical (unpaired) electrons. The van der Waals surface area contributed by atoms with Crippen LogP contribution in [0.3, 0.4) is 0 Å². The van der Waals surface area contributed by atoms with Crippen LogP contribution in [0, 0.1) is 25.2 Å². The van der Waals surface area contributed by atoms with Crippen LogP contribution in [-0.2, 0) is 18.3 Å². The Bertz CT molecular complexity index is 1300. The van der Waals surface area contributed by atoms with Gasteiger partial charge in [-0.1, -0.05) is 66.7 Å². The molecule has 1 atom stereocenters. The van der Waals surface area contributed by atoms with E-state index in [1.165, 1.54) is 38.6 Å². The van der Waals surface area contributed by atoms with Crippen LogP contribution >= 0.6 is 0 Å². The van der Waals surface area contributed by atoms with E-state index in [4.69, 9.17) is 4.98 Å². The third-order valence-corrected chi connectivity index (χ3v) is 6.64. The van der Waals surface area contributed by atoms with Crippen molar-refractivity contribution in [1.82, 2.24) is 4.98 Å². The molecule has 0 fully saturated rings. The normalized spacial score (nSPS) is 17.6. The van der Waals surface area contributed by atoms with Crippen LogP contribution in [0.1, 0.15) is 34.5 Å². The molecule has 4 aromatic rings. The lowest BCUT2D eigenvalue weighted by atomic mass is 9.80. The Balaban J connectivity index is 1.70. The Morgan fingerprint density at radius 2 is 1.67 bits per heavy atom. The first-order valence-electron chi connectivity index (χ1n) is 10.6. The van der Waals surface area contributed by atoms with E-state index >= 15 is 0 Å². The lowest BCUT2D eigenvalue weighted by Gasteiger charge is -2.23. The number of nitriles is 1. The summed E-state index contributed by atoms with van der Waals surface area (Å²) in [5.74, 6) is 0. The first-order chi connectivity index (χ1) is 14.6. The second-order valence-electron chi connectivity index (χ2n) is 8.44. The van der Waals surface area contributed by atoms with Gasteiger partial charge in [0.25, 0.3) is 0 Å². The Labute approximate surface area is 177 Å². The molecule has 3 aromatic carbocycles. The van der Waals surface area contributed by atoms with Gasteiger partial charge < -0.3 is 0 Å². The molecule has 0 N–H and O–H groups in total. The average Bonchev–Trinajstić information content (AvgIpc) is 3.13. The summed E-state index contributed by atoms with van der Waals surface area (Å²) >= 11 is 0. The van der Waals surface area contributed by atoms with Crippen LogP contribution in [0.25, 0.3) is 21.9 Å². The molecular formula is C28H24N2. The summed E-state index contributed by atoms with van der Waals surface area (Å²) in [7, 11) is 0. The predicted octanol–water partition coefficient (Wildman–Crippen LogP) is 6.47. The highest BCUT2D eigenvalue weighted by Crippen LogP contribution is 2.45. The van der Waals surface area contributed by atoms with Gasteiger partial charge >= 0.3 is 0 Å². The Morgan fingerprint density at radius 1 is 0.933 bits per heavy atom. The summed E-state index contributed by atoms with van der Waals surface area (Å²) in [4.78, 5) is 5.00. The average molecular weight is 389 g/mol. The van der Waals surface area contributed by atoms with Crippen LogP contribution in [-0.4, -0.2) is 4.98 Å². The third-order valence-electron chi connectivity index (χ3n) is 6.64. The van der Waals surface area contributed by atoms with Crippen LogP contribution in [0.4, 0.5) is 0 Å². The minimum atomic E-state index is -0.555. The van der Waals surface area contributed by atoms with Gasteiger partial charge in [0.2, 0.25) is 0 Å². The zero-order valence-corrected chi connectivity index (χ0v) is 17.4. The molecule has 0 amide bonds. The van der Waals surface area contributed by atoms with Gasteiger partial charge in [0.05, 0.1) is 11.8 Å². The van der Waals surface area contributed by atoms with Crippen molar-refractivity contribution in [2.45, 2.75) is 38.5 Å². The number of rotatable bonds is 3. The molecule has 2 nitrogen and oxygen atoms in total. The monoisotopic (exact) mass is 388 g/mol. The summed E-state index contributed by atoms with van der Waals surface area (Å²) in [5.41, 5.74) is 7.62. The number of benzene rings is 3. The molecule has 1 unspecified atom stereocenters. The minimum Gasteiger partial charge on any atom is -0.256 e. The zero-order valence-electron chi connectivity index (χ0n) is 17.4. The van der Waals surface area contributed by atoms with Gasteiger partial charge in [-0.05, 0) is 77.8 Å². The SMILES string of the molecule is Cc1nc2c(c(-c3ccc4ccccc4c3)c1C)CCC2(C#N)Cc1ccccc1. The predicted molar refractivity (Wildman–Crippen MR) is 122 cm³/mol. The van der Waals surface area contributed by atoms with Crippen molar-refractivity contribution < 1.29 is 0 Å². The molecule has 1 aliphatic rings. The van der Waals surface area contributed by atoms with E-state index in [0.717, 1.165) is 24.2 Å². The Kier molecular flexibility index (Phi) is 4.40. The van der Waals surface area contributed by atoms with Gasteiger partial charge in [0.1, 0.15) is 5.41 Å². The fourth-order valence-corrected chi connectivity index (χ4v) is 4.94. The molecule has 0 saturated heterocycles. The fourth-order valence-electron chi connectivity index (χ4n) is 4.94. The zero-order chi connectivity index (χ0) is 20.7. The molecule has 0 aliphatic heterocycles. The van der Waals surface area contributed by atoms with Gasteiger partial charge in [-0.3, -0.25) is 4.98 Å². The quantitative estimate of drug-likeness (QED) is 0.403. The van der Waals surface area contributed by atoms with E-state index in [9.17, 15) is 5.26 Å². The molecular weight excluding hydrogens is 364 g/mol. The first-order valence-corrected chi connectivity index (χ1v) is 10.6. The van der Waals surface area contributed by atoms with Gasteiger partial charge in [-0.2, -0.15) is 5.26 Å². The van der Waals surface area contributed by atoms with Crippen LogP contribution in [0.5, 0.6) is 0 Å². The molecule has 5 rings (SSSR count). The maximum Gasteiger partial charge on any atom is 0.104 e. The highest BCUT2D eigenvalue weighted by atomic mass is 14.8. The molecule has 1 heterocycles. The van der Waals surface area contributed by atoms with E-state index in [0.29, 0.717) is 6.42 Å². The molecule has 1 aliphatic carbocycles. The first kappa shape index (κ1) is 18.6. The number of hydrogen-bond donors (Lipinski definition) is 0. The summed E-state index contributed by atoms with van der Waals surface area (Å²) < 4.78 is 0. The second-order valence-corrected chi connectivity index (χ2v) is 8.44. The molecule has 2 heteroatoms. The fraction of sp³-hybridized carbons (Fsp3) is 0.214. The molecule has 146 valence electrons. The topological polar surface area (TPSA) is 36.7 Å². The Morgan fingerprint density at radius 3 is 2.43 bits per heavy atom. The number of fused-ring (bicyclic) bond motifs is 2. The van der Waals surface area contributed by atoms with Crippen molar-refractivity contribution in [2.75, 3.05) is 0 Å². The summed E-state index contributed by atoms with van der Waals surface area (Å²) in [5, 5.41) is 12.8. The van der Waals surface area contributed by atoms with Crippen molar-refractivity contribution in [3.8, 4) is 17.2 Å². The van der Waals surface area contributed by atoms with E-state index in [2.05, 4.69) is 74.5 Å². The highest BCUT2D eigenvalue weighted by Gasteiger charge is 2.42.